The number of rotatable bonds is 4. The van der Waals surface area contributed by atoms with Crippen LogP contribution in [0.2, 0.25) is 0 Å². The van der Waals surface area contributed by atoms with E-state index in [1.54, 1.807) is 25.3 Å². The zero-order valence-corrected chi connectivity index (χ0v) is 21.9. The summed E-state index contributed by atoms with van der Waals surface area (Å²) >= 11 is 0. The van der Waals surface area contributed by atoms with E-state index in [1.807, 2.05) is 39.0 Å². The van der Waals surface area contributed by atoms with Crippen LogP contribution in [-0.2, 0) is 23.7 Å². The number of hydrogen-bond acceptors (Lipinski definition) is 8. The molecule has 5 rings (SSSR count). The molecule has 202 valence electrons. The van der Waals surface area contributed by atoms with E-state index < -0.39 is 54.2 Å². The van der Waals surface area contributed by atoms with E-state index in [2.05, 4.69) is 4.98 Å². The van der Waals surface area contributed by atoms with E-state index in [1.165, 1.54) is 7.11 Å². The molecule has 3 N–H and O–H groups in total. The summed E-state index contributed by atoms with van der Waals surface area (Å²) in [6.07, 6.45) is 3.53. The number of aromatic nitrogens is 1. The summed E-state index contributed by atoms with van der Waals surface area (Å²) < 4.78 is 24.2. The molecule has 0 unspecified atom stereocenters. The molecule has 0 amide bonds. The molecule has 1 aromatic heterocycles. The Kier molecular flexibility index (Phi) is 6.85. The van der Waals surface area contributed by atoms with Crippen molar-refractivity contribution in [3.8, 4) is 0 Å². The lowest BCUT2D eigenvalue weighted by atomic mass is 9.57. The summed E-state index contributed by atoms with van der Waals surface area (Å²) in [6.45, 7) is 7.35. The number of carbonyl (C=O) groups excluding carboxylic acids is 2. The highest BCUT2D eigenvalue weighted by Gasteiger charge is 2.69. The van der Waals surface area contributed by atoms with Crippen LogP contribution in [0.5, 0.6) is 0 Å². The third-order valence-corrected chi connectivity index (χ3v) is 8.94. The largest absolute Gasteiger partial charge is 0.457 e. The molecule has 0 radical (unpaired) electrons. The number of methoxy groups -OCH3 is 1. The predicted octanol–water partition coefficient (Wildman–Crippen LogP) is 2.40. The fraction of sp³-hybridized carbons (Fsp3) is 0.643. The van der Waals surface area contributed by atoms with Crippen molar-refractivity contribution in [1.29, 1.82) is 0 Å². The van der Waals surface area contributed by atoms with E-state index >= 15 is 0 Å². The quantitative estimate of drug-likeness (QED) is 0.412. The van der Waals surface area contributed by atoms with Crippen LogP contribution >= 0.6 is 0 Å². The van der Waals surface area contributed by atoms with E-state index in [0.29, 0.717) is 5.69 Å². The minimum atomic E-state index is -0.933. The van der Waals surface area contributed by atoms with Crippen molar-refractivity contribution in [1.82, 2.24) is 4.98 Å². The summed E-state index contributed by atoms with van der Waals surface area (Å²) in [4.78, 5) is 28.8. The van der Waals surface area contributed by atoms with Gasteiger partial charge in [0.05, 0.1) is 12.2 Å². The highest BCUT2D eigenvalue weighted by atomic mass is 16.6. The van der Waals surface area contributed by atoms with Crippen LogP contribution in [0.3, 0.4) is 0 Å². The smallest absolute Gasteiger partial charge is 0.355 e. The first-order chi connectivity index (χ1) is 17.6. The van der Waals surface area contributed by atoms with Crippen molar-refractivity contribution in [3.05, 3.63) is 47.8 Å². The number of hydrogen-bond donors (Lipinski definition) is 3. The Bertz CT molecular complexity index is 1080. The Morgan fingerprint density at radius 3 is 2.70 bits per heavy atom. The van der Waals surface area contributed by atoms with Gasteiger partial charge in [0.1, 0.15) is 29.6 Å². The monoisotopic (exact) mass is 515 g/mol. The topological polar surface area (TPSA) is 127 Å². The molecule has 1 saturated carbocycles. The molecular weight excluding hydrogens is 478 g/mol. The molecule has 37 heavy (non-hydrogen) atoms. The maximum Gasteiger partial charge on any atom is 0.355 e. The van der Waals surface area contributed by atoms with Crippen molar-refractivity contribution >= 4 is 11.9 Å². The highest BCUT2D eigenvalue weighted by Crippen LogP contribution is 2.61. The van der Waals surface area contributed by atoms with Crippen molar-refractivity contribution < 1.29 is 38.7 Å². The van der Waals surface area contributed by atoms with Crippen LogP contribution in [0, 0.1) is 29.6 Å². The molecule has 1 aromatic rings. The first kappa shape index (κ1) is 26.2. The Balaban J connectivity index is 1.58. The number of H-pyrrole nitrogens is 1. The predicted molar refractivity (Wildman–Crippen MR) is 132 cm³/mol. The van der Waals surface area contributed by atoms with Gasteiger partial charge in [0.15, 0.2) is 6.10 Å². The molecule has 2 aliphatic carbocycles. The highest BCUT2D eigenvalue weighted by molar-refractivity contribution is 5.87. The van der Waals surface area contributed by atoms with E-state index in [-0.39, 0.29) is 36.0 Å². The molecular formula is C28H37NO8. The minimum Gasteiger partial charge on any atom is -0.457 e. The molecule has 1 spiro atoms. The van der Waals surface area contributed by atoms with Crippen LogP contribution in [0.1, 0.15) is 44.6 Å². The third kappa shape index (κ3) is 4.07. The van der Waals surface area contributed by atoms with Gasteiger partial charge in [-0.1, -0.05) is 32.1 Å². The summed E-state index contributed by atoms with van der Waals surface area (Å²) in [5.41, 5.74) is 0.301. The van der Waals surface area contributed by atoms with Crippen molar-refractivity contribution in [2.24, 2.45) is 29.6 Å². The molecule has 2 aliphatic heterocycles. The van der Waals surface area contributed by atoms with Crippen molar-refractivity contribution in [2.45, 2.75) is 76.3 Å². The molecule has 3 heterocycles. The van der Waals surface area contributed by atoms with Crippen LogP contribution in [-0.4, -0.2) is 76.5 Å². The molecule has 12 atom stereocenters. The van der Waals surface area contributed by atoms with E-state index in [0.717, 1.165) is 5.57 Å². The SMILES string of the molecule is CO[C@H]1C[C@H]2C=C[C@H]3[C@@H]4O[C@]2(/C(C)=C/[C@@H](C)[C@@H]([C@@H](C)O)OC1=O)[C@@H]3[C@H](O)[C@@H](C)[C@H]4OC(=O)c1ccc[nH]1. The fourth-order valence-electron chi connectivity index (χ4n) is 7.14. The number of aliphatic hydroxyl groups is 2. The summed E-state index contributed by atoms with van der Waals surface area (Å²) in [6, 6.07) is 3.37. The standard InChI is InChI=1S/C28H37NO8/c1-13-11-14(2)28-17(12-20(34-5)27(33)35-23(13)16(4)30)8-9-18-21(28)22(31)15(3)24(25(18)37-28)36-26(32)19-7-6-10-29-19/h6-11,13,15-18,20-25,29-31H,12H2,1-5H3/b14-11+/t13-,15-,16-,17-,18-,20+,21+,22-,23+,24-,25+,28+/m1/s1. The second-order valence-electron chi connectivity index (χ2n) is 11.1. The molecule has 9 nitrogen and oxygen atoms in total. The first-order valence-corrected chi connectivity index (χ1v) is 13.1. The van der Waals surface area contributed by atoms with Gasteiger partial charge in [-0.25, -0.2) is 9.59 Å². The fourth-order valence-corrected chi connectivity index (χ4v) is 7.14. The number of cyclic esters (lactones) is 1. The maximum absolute atomic E-state index is 13.1. The van der Waals surface area contributed by atoms with Gasteiger partial charge in [-0.3, -0.25) is 0 Å². The van der Waals surface area contributed by atoms with Crippen molar-refractivity contribution in [3.63, 3.8) is 0 Å². The van der Waals surface area contributed by atoms with Gasteiger partial charge in [-0.15, -0.1) is 0 Å². The van der Waals surface area contributed by atoms with Gasteiger partial charge < -0.3 is 34.1 Å². The van der Waals surface area contributed by atoms with Gasteiger partial charge in [0.25, 0.3) is 0 Å². The molecule has 2 fully saturated rings. The molecule has 1 saturated heterocycles. The normalized spacial score (nSPS) is 45.3. The zero-order valence-electron chi connectivity index (χ0n) is 21.9. The van der Waals surface area contributed by atoms with Crippen LogP contribution in [0.25, 0.3) is 0 Å². The number of nitrogens with one attached hydrogen (secondary N) is 1. The number of aliphatic hydroxyl groups excluding tert-OH is 2. The molecule has 4 bridgehead atoms. The summed E-state index contributed by atoms with van der Waals surface area (Å²) in [5, 5.41) is 22.1. The van der Waals surface area contributed by atoms with Gasteiger partial charge in [0.2, 0.25) is 0 Å². The number of carbonyl (C=O) groups is 2. The lowest BCUT2D eigenvalue weighted by molar-refractivity contribution is -0.172. The van der Waals surface area contributed by atoms with Crippen LogP contribution in [0.15, 0.2) is 42.1 Å². The second-order valence-corrected chi connectivity index (χ2v) is 11.1. The van der Waals surface area contributed by atoms with E-state index in [9.17, 15) is 19.8 Å². The minimum absolute atomic E-state index is 0.175. The van der Waals surface area contributed by atoms with Crippen LogP contribution in [0.4, 0.5) is 0 Å². The maximum atomic E-state index is 13.1. The Labute approximate surface area is 216 Å². The molecule has 0 aromatic carbocycles. The second kappa shape index (κ2) is 9.69. The number of aromatic amines is 1. The van der Waals surface area contributed by atoms with Gasteiger partial charge >= 0.3 is 11.9 Å². The number of ether oxygens (including phenoxy) is 4. The lowest BCUT2D eigenvalue weighted by Crippen LogP contribution is -2.57. The Morgan fingerprint density at radius 2 is 2.05 bits per heavy atom. The summed E-state index contributed by atoms with van der Waals surface area (Å²) in [7, 11) is 1.46. The van der Waals surface area contributed by atoms with E-state index in [4.69, 9.17) is 18.9 Å². The average Bonchev–Trinajstić information content (AvgIpc) is 3.46. The number of esters is 2. The van der Waals surface area contributed by atoms with Crippen LogP contribution < -0.4 is 0 Å². The third-order valence-electron chi connectivity index (χ3n) is 8.94. The Morgan fingerprint density at radius 1 is 1.30 bits per heavy atom. The van der Waals surface area contributed by atoms with Gasteiger partial charge in [-0.2, -0.15) is 0 Å². The van der Waals surface area contributed by atoms with Crippen molar-refractivity contribution in [2.75, 3.05) is 7.11 Å². The van der Waals surface area contributed by atoms with Gasteiger partial charge in [-0.05, 0) is 38.0 Å². The average molecular weight is 516 g/mol. The molecule has 9 heteroatoms. The Hall–Kier alpha value is -2.46. The lowest BCUT2D eigenvalue weighted by Gasteiger charge is -2.48. The van der Waals surface area contributed by atoms with Gasteiger partial charge in [0, 0.05) is 42.9 Å². The first-order valence-electron chi connectivity index (χ1n) is 13.1. The summed E-state index contributed by atoms with van der Waals surface area (Å²) in [5.74, 6) is -2.49. The molecule has 4 aliphatic rings. The zero-order chi connectivity index (χ0) is 26.6.